The lowest BCUT2D eigenvalue weighted by atomic mass is 9.95. The first-order valence-electron chi connectivity index (χ1n) is 9.68. The minimum atomic E-state index is -0.875. The second kappa shape index (κ2) is 15.2. The van der Waals surface area contributed by atoms with Gasteiger partial charge in [0.2, 0.25) is 5.91 Å². The molecule has 0 fully saturated rings. The molecule has 0 saturated heterocycles. The third kappa shape index (κ3) is 11.3. The third-order valence-corrected chi connectivity index (χ3v) is 4.56. The van der Waals surface area contributed by atoms with Crippen molar-refractivity contribution >= 4 is 11.9 Å². The van der Waals surface area contributed by atoms with Gasteiger partial charge in [0.25, 0.3) is 0 Å². The normalized spacial score (nSPS) is 11.9. The van der Waals surface area contributed by atoms with E-state index in [4.69, 9.17) is 5.11 Å². The summed E-state index contributed by atoms with van der Waals surface area (Å²) in [6.45, 7) is 8.91. The number of hydrogen-bond acceptors (Lipinski definition) is 2. The van der Waals surface area contributed by atoms with Crippen LogP contribution in [0.2, 0.25) is 0 Å². The van der Waals surface area contributed by atoms with E-state index >= 15 is 0 Å². The quantitative estimate of drug-likeness (QED) is 0.317. The van der Waals surface area contributed by atoms with Crippen LogP contribution in [0, 0.1) is 5.92 Å². The highest BCUT2D eigenvalue weighted by Crippen LogP contribution is 2.18. The molecule has 0 aliphatic heterocycles. The Labute approximate surface area is 148 Å². The molecule has 4 nitrogen and oxygen atoms in total. The van der Waals surface area contributed by atoms with Gasteiger partial charge in [-0.25, -0.2) is 0 Å². The minimum Gasteiger partial charge on any atom is -0.481 e. The van der Waals surface area contributed by atoms with E-state index in [1.54, 1.807) is 4.90 Å². The Kier molecular flexibility index (Phi) is 14.4. The number of carboxylic acid groups (broad SMARTS) is 1. The largest absolute Gasteiger partial charge is 0.481 e. The van der Waals surface area contributed by atoms with Crippen LogP contribution in [0.5, 0.6) is 0 Å². The number of unbranched alkanes of at least 4 members (excludes halogenated alkanes) is 8. The first-order chi connectivity index (χ1) is 11.6. The summed E-state index contributed by atoms with van der Waals surface area (Å²) >= 11 is 0. The number of rotatable bonds is 16. The number of carboxylic acids is 1. The van der Waals surface area contributed by atoms with Crippen molar-refractivity contribution in [2.24, 2.45) is 5.92 Å². The van der Waals surface area contributed by atoms with Gasteiger partial charge >= 0.3 is 5.97 Å². The molecule has 0 aromatic rings. The Bertz CT molecular complexity index is 351. The molecular formula is C20H37NO3. The predicted molar refractivity (Wildman–Crippen MR) is 100 cm³/mol. The Morgan fingerprint density at radius 2 is 1.46 bits per heavy atom. The molecule has 0 aliphatic carbocycles. The number of amides is 1. The topological polar surface area (TPSA) is 57.6 Å². The summed E-state index contributed by atoms with van der Waals surface area (Å²) in [7, 11) is 0. The van der Waals surface area contributed by atoms with E-state index in [1.165, 1.54) is 38.5 Å². The molecular weight excluding hydrogens is 302 g/mol. The van der Waals surface area contributed by atoms with E-state index in [-0.39, 0.29) is 18.2 Å². The van der Waals surface area contributed by atoms with Gasteiger partial charge in [0.05, 0.1) is 6.42 Å². The van der Waals surface area contributed by atoms with E-state index in [2.05, 4.69) is 6.58 Å². The second-order valence-corrected chi connectivity index (χ2v) is 6.50. The monoisotopic (exact) mass is 339 g/mol. The number of hydrogen-bond donors (Lipinski definition) is 1. The molecule has 1 amide bonds. The maximum Gasteiger partial charge on any atom is 0.304 e. The van der Waals surface area contributed by atoms with Gasteiger partial charge in [-0.15, -0.1) is 6.58 Å². The smallest absolute Gasteiger partial charge is 0.304 e. The van der Waals surface area contributed by atoms with Gasteiger partial charge in [0.1, 0.15) is 0 Å². The zero-order valence-corrected chi connectivity index (χ0v) is 15.8. The molecule has 1 N–H and O–H groups in total. The van der Waals surface area contributed by atoms with E-state index in [0.717, 1.165) is 19.3 Å². The molecule has 0 aliphatic rings. The fourth-order valence-corrected chi connectivity index (χ4v) is 3.06. The number of carbonyl (C=O) groups excluding carboxylic acids is 1. The molecule has 0 rings (SSSR count). The Balaban J connectivity index is 3.92. The van der Waals surface area contributed by atoms with Gasteiger partial charge in [-0.1, -0.05) is 51.0 Å². The molecule has 0 saturated carbocycles. The zero-order valence-electron chi connectivity index (χ0n) is 15.8. The summed E-state index contributed by atoms with van der Waals surface area (Å²) in [5.41, 5.74) is 0. The standard InChI is InChI=1S/C20H37NO3/c1-4-7-8-9-10-11-12-13-14-15-16-18(17-19(22)23)20(24)21(5-2)6-3/h4,18H,1,5-17H2,2-3H3,(H,22,23). The highest BCUT2D eigenvalue weighted by atomic mass is 16.4. The molecule has 0 radical (unpaired) electrons. The van der Waals surface area contributed by atoms with Crippen LogP contribution in [0.4, 0.5) is 0 Å². The molecule has 0 spiro atoms. The first kappa shape index (κ1) is 22.7. The average molecular weight is 340 g/mol. The fourth-order valence-electron chi connectivity index (χ4n) is 3.06. The molecule has 24 heavy (non-hydrogen) atoms. The zero-order chi connectivity index (χ0) is 18.2. The highest BCUT2D eigenvalue weighted by molar-refractivity contribution is 5.83. The lowest BCUT2D eigenvalue weighted by molar-refractivity contribution is -0.144. The van der Waals surface area contributed by atoms with Crippen LogP contribution in [0.25, 0.3) is 0 Å². The molecule has 140 valence electrons. The minimum absolute atomic E-state index is 0.00428. The second-order valence-electron chi connectivity index (χ2n) is 6.50. The maximum absolute atomic E-state index is 12.4. The Hall–Kier alpha value is -1.32. The Morgan fingerprint density at radius 1 is 0.958 bits per heavy atom. The molecule has 0 aromatic heterocycles. The van der Waals surface area contributed by atoms with Crippen LogP contribution in [-0.2, 0) is 9.59 Å². The fraction of sp³-hybridized carbons (Fsp3) is 0.800. The van der Waals surface area contributed by atoms with Gasteiger partial charge in [-0.2, -0.15) is 0 Å². The van der Waals surface area contributed by atoms with Crippen molar-refractivity contribution in [2.45, 2.75) is 84.5 Å². The molecule has 1 unspecified atom stereocenters. The lowest BCUT2D eigenvalue weighted by Gasteiger charge is -2.24. The van der Waals surface area contributed by atoms with Gasteiger partial charge < -0.3 is 10.0 Å². The third-order valence-electron chi connectivity index (χ3n) is 4.56. The van der Waals surface area contributed by atoms with E-state index in [0.29, 0.717) is 19.5 Å². The molecule has 0 bridgehead atoms. The van der Waals surface area contributed by atoms with Crippen LogP contribution >= 0.6 is 0 Å². The predicted octanol–water partition coefficient (Wildman–Crippen LogP) is 5.03. The van der Waals surface area contributed by atoms with Crippen molar-refractivity contribution in [2.75, 3.05) is 13.1 Å². The van der Waals surface area contributed by atoms with Gasteiger partial charge in [-0.05, 0) is 33.1 Å². The lowest BCUT2D eigenvalue weighted by Crippen LogP contribution is -2.36. The van der Waals surface area contributed by atoms with Crippen LogP contribution in [0.3, 0.4) is 0 Å². The molecule has 0 heterocycles. The average Bonchev–Trinajstić information content (AvgIpc) is 2.56. The Morgan fingerprint density at radius 3 is 1.92 bits per heavy atom. The summed E-state index contributed by atoms with van der Waals surface area (Å²) < 4.78 is 0. The summed E-state index contributed by atoms with van der Waals surface area (Å²) in [6.07, 6.45) is 13.3. The van der Waals surface area contributed by atoms with Crippen molar-refractivity contribution in [1.82, 2.24) is 4.90 Å². The molecule has 0 aromatic carbocycles. The highest BCUT2D eigenvalue weighted by Gasteiger charge is 2.24. The number of carbonyl (C=O) groups is 2. The van der Waals surface area contributed by atoms with Gasteiger partial charge in [0, 0.05) is 19.0 Å². The van der Waals surface area contributed by atoms with Crippen LogP contribution in [0.15, 0.2) is 12.7 Å². The van der Waals surface area contributed by atoms with Crippen molar-refractivity contribution in [3.05, 3.63) is 12.7 Å². The number of allylic oxidation sites excluding steroid dienone is 1. The van der Waals surface area contributed by atoms with E-state index in [9.17, 15) is 9.59 Å². The molecule has 4 heteroatoms. The van der Waals surface area contributed by atoms with Gasteiger partial charge in [-0.3, -0.25) is 9.59 Å². The van der Waals surface area contributed by atoms with Crippen molar-refractivity contribution in [3.63, 3.8) is 0 Å². The summed E-state index contributed by atoms with van der Waals surface area (Å²) in [5.74, 6) is -1.23. The van der Waals surface area contributed by atoms with E-state index in [1.807, 2.05) is 19.9 Å². The van der Waals surface area contributed by atoms with Gasteiger partial charge in [0.15, 0.2) is 0 Å². The summed E-state index contributed by atoms with van der Waals surface area (Å²) in [6, 6.07) is 0. The number of nitrogens with zero attached hydrogens (tertiary/aromatic N) is 1. The van der Waals surface area contributed by atoms with Crippen molar-refractivity contribution < 1.29 is 14.7 Å². The summed E-state index contributed by atoms with van der Waals surface area (Å²) in [4.78, 5) is 25.2. The van der Waals surface area contributed by atoms with Crippen molar-refractivity contribution in [1.29, 1.82) is 0 Å². The van der Waals surface area contributed by atoms with Crippen LogP contribution < -0.4 is 0 Å². The summed E-state index contributed by atoms with van der Waals surface area (Å²) in [5, 5.41) is 9.04. The first-order valence-corrected chi connectivity index (χ1v) is 9.68. The van der Waals surface area contributed by atoms with Crippen LogP contribution in [-0.4, -0.2) is 35.0 Å². The van der Waals surface area contributed by atoms with Crippen LogP contribution in [0.1, 0.15) is 84.5 Å². The van der Waals surface area contributed by atoms with E-state index < -0.39 is 5.97 Å². The maximum atomic E-state index is 12.4. The molecule has 1 atom stereocenters. The number of aliphatic carboxylic acids is 1. The van der Waals surface area contributed by atoms with Crippen molar-refractivity contribution in [3.8, 4) is 0 Å². The SMILES string of the molecule is C=CCCCCCCCCCCC(CC(=O)O)C(=O)N(CC)CC.